The molecule has 0 aliphatic carbocycles. The highest BCUT2D eigenvalue weighted by atomic mass is 35.5. The van der Waals surface area contributed by atoms with Crippen LogP contribution < -0.4 is 4.74 Å². The summed E-state index contributed by atoms with van der Waals surface area (Å²) in [5, 5.41) is 0.586. The Balaban J connectivity index is 2.19. The van der Waals surface area contributed by atoms with Gasteiger partial charge in [0.25, 0.3) is 0 Å². The minimum atomic E-state index is -3.52. The van der Waals surface area contributed by atoms with Gasteiger partial charge in [-0.25, -0.2) is 17.5 Å². The number of halogens is 1. The Bertz CT molecular complexity index is 830. The number of rotatable bonds is 4. The maximum absolute atomic E-state index is 12.1. The second-order valence-electron chi connectivity index (χ2n) is 5.11. The summed E-state index contributed by atoms with van der Waals surface area (Å²) < 4.78 is 30.3. The molecule has 0 heterocycles. The molecule has 0 fully saturated rings. The van der Waals surface area contributed by atoms with Crippen LogP contribution in [-0.4, -0.2) is 32.8 Å². The van der Waals surface area contributed by atoms with E-state index in [0.29, 0.717) is 10.8 Å². The zero-order valence-corrected chi connectivity index (χ0v) is 14.5. The van der Waals surface area contributed by atoms with E-state index in [2.05, 4.69) is 0 Å². The van der Waals surface area contributed by atoms with Gasteiger partial charge in [0.05, 0.1) is 10.5 Å². The van der Waals surface area contributed by atoms with E-state index in [1.165, 1.54) is 38.4 Å². The number of esters is 1. The van der Waals surface area contributed by atoms with Crippen molar-refractivity contribution >= 4 is 27.6 Å². The van der Waals surface area contributed by atoms with Crippen LogP contribution >= 0.6 is 11.6 Å². The van der Waals surface area contributed by atoms with Crippen molar-refractivity contribution in [1.29, 1.82) is 0 Å². The van der Waals surface area contributed by atoms with Crippen LogP contribution in [0.15, 0.2) is 47.4 Å². The molecular weight excluding hydrogens is 338 g/mol. The second-order valence-corrected chi connectivity index (χ2v) is 7.67. The van der Waals surface area contributed by atoms with Crippen molar-refractivity contribution < 1.29 is 17.9 Å². The van der Waals surface area contributed by atoms with E-state index >= 15 is 0 Å². The van der Waals surface area contributed by atoms with Crippen molar-refractivity contribution in [1.82, 2.24) is 4.31 Å². The Hall–Kier alpha value is -1.89. The first-order chi connectivity index (χ1) is 10.7. The zero-order chi connectivity index (χ0) is 17.2. The highest BCUT2D eigenvalue weighted by molar-refractivity contribution is 7.89. The van der Waals surface area contributed by atoms with Gasteiger partial charge in [-0.3, -0.25) is 0 Å². The topological polar surface area (TPSA) is 63.7 Å². The number of nitrogens with zero attached hydrogens (tertiary/aromatic N) is 1. The van der Waals surface area contributed by atoms with Gasteiger partial charge < -0.3 is 4.74 Å². The Morgan fingerprint density at radius 3 is 2.22 bits per heavy atom. The fraction of sp³-hybridized carbons (Fsp3) is 0.188. The van der Waals surface area contributed by atoms with E-state index < -0.39 is 16.0 Å². The molecular formula is C16H16ClNO4S. The average Bonchev–Trinajstić information content (AvgIpc) is 2.51. The van der Waals surface area contributed by atoms with Crippen molar-refractivity contribution in [2.75, 3.05) is 14.1 Å². The van der Waals surface area contributed by atoms with Gasteiger partial charge in [0.2, 0.25) is 10.0 Å². The summed E-state index contributed by atoms with van der Waals surface area (Å²) in [6.07, 6.45) is 0. The molecule has 2 aromatic carbocycles. The third-order valence-corrected chi connectivity index (χ3v) is 5.46. The van der Waals surface area contributed by atoms with Gasteiger partial charge >= 0.3 is 5.97 Å². The molecule has 0 saturated carbocycles. The zero-order valence-electron chi connectivity index (χ0n) is 12.9. The number of ether oxygens (including phenoxy) is 1. The smallest absolute Gasteiger partial charge is 0.343 e. The molecule has 0 aromatic heterocycles. The van der Waals surface area contributed by atoms with E-state index in [1.54, 1.807) is 25.1 Å². The number of carbonyl (C=O) groups excluding carboxylic acids is 1. The SMILES string of the molecule is Cc1cc(OC(=O)c2ccc(S(=O)(=O)N(C)C)cc2)ccc1Cl. The third kappa shape index (κ3) is 3.90. The summed E-state index contributed by atoms with van der Waals surface area (Å²) in [6.45, 7) is 1.81. The first-order valence-electron chi connectivity index (χ1n) is 6.73. The standard InChI is InChI=1S/C16H16ClNO4S/c1-11-10-13(6-9-15(11)17)22-16(19)12-4-7-14(8-5-12)23(20,21)18(2)3/h4-10H,1-3H3. The van der Waals surface area contributed by atoms with E-state index in [0.717, 1.165) is 9.87 Å². The van der Waals surface area contributed by atoms with Crippen LogP contribution in [0.4, 0.5) is 0 Å². The summed E-state index contributed by atoms with van der Waals surface area (Å²) in [5.41, 5.74) is 1.06. The Morgan fingerprint density at radius 2 is 1.70 bits per heavy atom. The molecule has 122 valence electrons. The number of carbonyl (C=O) groups is 1. The molecule has 0 radical (unpaired) electrons. The molecule has 0 spiro atoms. The van der Waals surface area contributed by atoms with E-state index in [4.69, 9.17) is 16.3 Å². The Kier molecular flexibility index (Phi) is 5.09. The van der Waals surface area contributed by atoms with Crippen molar-refractivity contribution in [2.45, 2.75) is 11.8 Å². The summed E-state index contributed by atoms with van der Waals surface area (Å²) >= 11 is 5.92. The number of sulfonamides is 1. The number of aryl methyl sites for hydroxylation is 1. The van der Waals surface area contributed by atoms with Gasteiger partial charge in [0.15, 0.2) is 0 Å². The monoisotopic (exact) mass is 353 g/mol. The predicted molar refractivity (Wildman–Crippen MR) is 88.5 cm³/mol. The summed E-state index contributed by atoms with van der Waals surface area (Å²) in [6, 6.07) is 10.5. The number of benzene rings is 2. The van der Waals surface area contributed by atoms with Crippen LogP contribution in [0, 0.1) is 6.92 Å². The molecule has 2 aromatic rings. The van der Waals surface area contributed by atoms with E-state index in [-0.39, 0.29) is 10.5 Å². The molecule has 0 atom stereocenters. The lowest BCUT2D eigenvalue weighted by Crippen LogP contribution is -2.22. The van der Waals surface area contributed by atoms with Crippen LogP contribution in [-0.2, 0) is 10.0 Å². The van der Waals surface area contributed by atoms with Crippen molar-refractivity contribution in [3.63, 3.8) is 0 Å². The summed E-state index contributed by atoms with van der Waals surface area (Å²) in [7, 11) is -0.632. The van der Waals surface area contributed by atoms with Crippen LogP contribution in [0.3, 0.4) is 0 Å². The predicted octanol–water partition coefficient (Wildman–Crippen LogP) is 3.12. The number of hydrogen-bond donors (Lipinski definition) is 0. The van der Waals surface area contributed by atoms with E-state index in [9.17, 15) is 13.2 Å². The largest absolute Gasteiger partial charge is 0.423 e. The fourth-order valence-corrected chi connectivity index (χ4v) is 2.84. The normalized spacial score (nSPS) is 11.5. The van der Waals surface area contributed by atoms with Gasteiger partial charge in [-0.1, -0.05) is 11.6 Å². The second kappa shape index (κ2) is 6.70. The molecule has 0 N–H and O–H groups in total. The first kappa shape index (κ1) is 17.5. The Morgan fingerprint density at radius 1 is 1.09 bits per heavy atom. The molecule has 0 amide bonds. The van der Waals surface area contributed by atoms with E-state index in [1.807, 2.05) is 0 Å². The molecule has 0 aliphatic heterocycles. The quantitative estimate of drug-likeness (QED) is 0.625. The minimum Gasteiger partial charge on any atom is -0.423 e. The van der Waals surface area contributed by atoms with Crippen molar-refractivity contribution in [3.05, 3.63) is 58.6 Å². The van der Waals surface area contributed by atoms with Gasteiger partial charge in [-0.2, -0.15) is 0 Å². The third-order valence-electron chi connectivity index (χ3n) is 3.21. The van der Waals surface area contributed by atoms with Gasteiger partial charge in [0.1, 0.15) is 5.75 Å². The van der Waals surface area contributed by atoms with Crippen LogP contribution in [0.1, 0.15) is 15.9 Å². The van der Waals surface area contributed by atoms with Crippen LogP contribution in [0.2, 0.25) is 5.02 Å². The molecule has 23 heavy (non-hydrogen) atoms. The molecule has 0 bridgehead atoms. The molecule has 5 nitrogen and oxygen atoms in total. The maximum Gasteiger partial charge on any atom is 0.343 e. The minimum absolute atomic E-state index is 0.112. The average molecular weight is 354 g/mol. The first-order valence-corrected chi connectivity index (χ1v) is 8.54. The lowest BCUT2D eigenvalue weighted by Gasteiger charge is -2.11. The van der Waals surface area contributed by atoms with Gasteiger partial charge in [-0.15, -0.1) is 0 Å². The lowest BCUT2D eigenvalue weighted by molar-refractivity contribution is 0.0734. The molecule has 0 aliphatic rings. The molecule has 2 rings (SSSR count). The van der Waals surface area contributed by atoms with Crippen LogP contribution in [0.25, 0.3) is 0 Å². The fourth-order valence-electron chi connectivity index (χ4n) is 1.82. The Labute approximate surface area is 140 Å². The van der Waals surface area contributed by atoms with Gasteiger partial charge in [0, 0.05) is 19.1 Å². The highest BCUT2D eigenvalue weighted by Crippen LogP contribution is 2.22. The molecule has 7 heteroatoms. The summed E-state index contributed by atoms with van der Waals surface area (Å²) in [4.78, 5) is 12.2. The van der Waals surface area contributed by atoms with Gasteiger partial charge in [-0.05, 0) is 55.0 Å². The van der Waals surface area contributed by atoms with Crippen molar-refractivity contribution in [3.8, 4) is 5.75 Å². The molecule has 0 unspecified atom stereocenters. The van der Waals surface area contributed by atoms with Crippen LogP contribution in [0.5, 0.6) is 5.75 Å². The summed E-state index contributed by atoms with van der Waals surface area (Å²) in [5.74, 6) is -0.192. The maximum atomic E-state index is 12.1. The molecule has 0 saturated heterocycles. The van der Waals surface area contributed by atoms with Crippen molar-refractivity contribution in [2.24, 2.45) is 0 Å². The highest BCUT2D eigenvalue weighted by Gasteiger charge is 2.18. The number of hydrogen-bond acceptors (Lipinski definition) is 4. The lowest BCUT2D eigenvalue weighted by atomic mass is 10.2.